The van der Waals surface area contributed by atoms with Gasteiger partial charge in [-0.05, 0) is 48.8 Å². The predicted octanol–water partition coefficient (Wildman–Crippen LogP) is 4.34. The summed E-state index contributed by atoms with van der Waals surface area (Å²) in [4.78, 5) is 14.1. The average Bonchev–Trinajstić information content (AvgIpc) is 2.63. The van der Waals surface area contributed by atoms with Crippen LogP contribution in [-0.2, 0) is 12.7 Å². The van der Waals surface area contributed by atoms with Gasteiger partial charge in [0.05, 0.1) is 16.3 Å². The molecule has 0 radical (unpaired) electrons. The van der Waals surface area contributed by atoms with Crippen LogP contribution in [0.5, 0.6) is 0 Å². The summed E-state index contributed by atoms with van der Waals surface area (Å²) in [5, 5.41) is 3.38. The van der Waals surface area contributed by atoms with E-state index in [1.54, 1.807) is 12.1 Å². The van der Waals surface area contributed by atoms with E-state index in [1.807, 2.05) is 15.5 Å². The lowest BCUT2D eigenvalue weighted by Crippen LogP contribution is -2.50. The van der Waals surface area contributed by atoms with Gasteiger partial charge in [0.1, 0.15) is 0 Å². The molecule has 2 atom stereocenters. The summed E-state index contributed by atoms with van der Waals surface area (Å²) in [5.74, 6) is 0.404. The highest BCUT2D eigenvalue weighted by Crippen LogP contribution is 2.36. The van der Waals surface area contributed by atoms with Crippen molar-refractivity contribution in [3.05, 3.63) is 63.0 Å². The monoisotopic (exact) mass is 427 g/mol. The Kier molecular flexibility index (Phi) is 4.87. The van der Waals surface area contributed by atoms with Gasteiger partial charge in [0.2, 0.25) is 0 Å². The highest BCUT2D eigenvalue weighted by Gasteiger charge is 2.36. The van der Waals surface area contributed by atoms with E-state index < -0.39 is 11.7 Å². The van der Waals surface area contributed by atoms with Crippen molar-refractivity contribution in [2.24, 2.45) is 5.92 Å². The van der Waals surface area contributed by atoms with Gasteiger partial charge >= 0.3 is 6.18 Å². The lowest BCUT2D eigenvalue weighted by Gasteiger charge is -2.43. The fraction of sp³-hybridized carbons (Fsp3) is 0.368. The number of nitrogens with one attached hydrogen (secondary N) is 1. The van der Waals surface area contributed by atoms with Crippen LogP contribution in [0.25, 0.3) is 0 Å². The number of aromatic nitrogens is 1. The lowest BCUT2D eigenvalue weighted by atomic mass is 9.83. The number of likely N-dealkylation sites (tertiary alicyclic amines) is 1. The van der Waals surface area contributed by atoms with Gasteiger partial charge in [-0.1, -0.05) is 17.7 Å². The molecule has 4 nitrogen and oxygen atoms in total. The van der Waals surface area contributed by atoms with Crippen LogP contribution in [0.15, 0.2) is 41.2 Å². The van der Waals surface area contributed by atoms with Crippen LogP contribution >= 0.6 is 23.8 Å². The van der Waals surface area contributed by atoms with Crippen molar-refractivity contribution in [3.8, 4) is 0 Å². The van der Waals surface area contributed by atoms with Gasteiger partial charge in [-0.3, -0.25) is 4.79 Å². The van der Waals surface area contributed by atoms with Gasteiger partial charge in [-0.25, -0.2) is 0 Å². The average molecular weight is 428 g/mol. The third kappa shape index (κ3) is 3.63. The summed E-state index contributed by atoms with van der Waals surface area (Å²) in [6, 6.07) is 8.39. The lowest BCUT2D eigenvalue weighted by molar-refractivity contribution is -0.137. The Hall–Kier alpha value is -2.06. The second-order valence-corrected chi connectivity index (χ2v) is 8.02. The first kappa shape index (κ1) is 19.3. The van der Waals surface area contributed by atoms with Crippen LogP contribution in [0.1, 0.15) is 23.6 Å². The molecule has 0 unspecified atom stereocenters. The van der Waals surface area contributed by atoms with Crippen LogP contribution in [0, 0.1) is 5.92 Å². The number of pyridine rings is 1. The third-order valence-corrected chi connectivity index (χ3v) is 5.99. The molecule has 9 heteroatoms. The molecule has 1 fully saturated rings. The Morgan fingerprint density at radius 3 is 2.71 bits per heavy atom. The number of hydrogen-bond donors (Lipinski definition) is 1. The van der Waals surface area contributed by atoms with Crippen molar-refractivity contribution in [3.63, 3.8) is 0 Å². The molecule has 28 heavy (non-hydrogen) atoms. The number of fused-ring (bicyclic) bond motifs is 4. The van der Waals surface area contributed by atoms with Crippen LogP contribution in [0.2, 0.25) is 5.02 Å². The molecule has 1 aromatic heterocycles. The van der Waals surface area contributed by atoms with Crippen LogP contribution < -0.4 is 10.9 Å². The molecule has 0 saturated carbocycles. The van der Waals surface area contributed by atoms with E-state index in [2.05, 4.69) is 5.32 Å². The second kappa shape index (κ2) is 7.08. The fourth-order valence-corrected chi connectivity index (χ4v) is 4.48. The Morgan fingerprint density at radius 2 is 1.96 bits per heavy atom. The van der Waals surface area contributed by atoms with Gasteiger partial charge in [0.25, 0.3) is 5.56 Å². The first-order chi connectivity index (χ1) is 13.2. The molecular formula is C19H17ClF3N3OS. The van der Waals surface area contributed by atoms with E-state index in [0.29, 0.717) is 24.7 Å². The zero-order valence-corrected chi connectivity index (χ0v) is 16.2. The molecule has 4 rings (SSSR count). The van der Waals surface area contributed by atoms with Crippen molar-refractivity contribution in [1.82, 2.24) is 9.47 Å². The number of hydrogen-bond acceptors (Lipinski definition) is 2. The summed E-state index contributed by atoms with van der Waals surface area (Å²) in [6.07, 6.45) is -3.49. The Morgan fingerprint density at radius 1 is 1.18 bits per heavy atom. The molecule has 2 bridgehead atoms. The normalized spacial score (nSPS) is 21.2. The van der Waals surface area contributed by atoms with E-state index in [1.165, 1.54) is 6.07 Å². The molecule has 148 valence electrons. The summed E-state index contributed by atoms with van der Waals surface area (Å²) >= 11 is 11.5. The predicted molar refractivity (Wildman–Crippen MR) is 106 cm³/mol. The Balaban J connectivity index is 1.54. The van der Waals surface area contributed by atoms with Gasteiger partial charge < -0.3 is 14.8 Å². The number of benzene rings is 1. The van der Waals surface area contributed by atoms with Gasteiger partial charge in [0, 0.05) is 37.3 Å². The van der Waals surface area contributed by atoms with Crippen LogP contribution in [0.4, 0.5) is 18.9 Å². The summed E-state index contributed by atoms with van der Waals surface area (Å²) < 4.78 is 40.8. The quantitative estimate of drug-likeness (QED) is 0.687. The minimum absolute atomic E-state index is 0.00269. The summed E-state index contributed by atoms with van der Waals surface area (Å²) in [6.45, 7) is 1.86. The molecular weight excluding hydrogens is 411 g/mol. The maximum Gasteiger partial charge on any atom is 0.416 e. The molecule has 1 saturated heterocycles. The number of alkyl halides is 3. The maximum atomic E-state index is 13.0. The highest BCUT2D eigenvalue weighted by molar-refractivity contribution is 7.80. The summed E-state index contributed by atoms with van der Waals surface area (Å²) in [7, 11) is 0. The SMILES string of the molecule is O=c1cccc2n1C[C@H]1C[C@@H]2CN(C(=S)Nc2cc(C(F)(F)F)ccc2Cl)C1. The first-order valence-electron chi connectivity index (χ1n) is 8.85. The second-order valence-electron chi connectivity index (χ2n) is 7.23. The number of rotatable bonds is 1. The van der Waals surface area contributed by atoms with Gasteiger partial charge in [-0.2, -0.15) is 13.2 Å². The zero-order chi connectivity index (χ0) is 20.1. The minimum Gasteiger partial charge on any atom is -0.348 e. The number of nitrogens with zero attached hydrogens (tertiary/aromatic N) is 2. The summed E-state index contributed by atoms with van der Waals surface area (Å²) in [5.41, 5.74) is 0.324. The fourth-order valence-electron chi connectivity index (χ4n) is 4.05. The van der Waals surface area contributed by atoms with E-state index in [-0.39, 0.29) is 28.1 Å². The molecule has 2 aliphatic heterocycles. The van der Waals surface area contributed by atoms with Crippen molar-refractivity contribution in [2.75, 3.05) is 18.4 Å². The first-order valence-corrected chi connectivity index (χ1v) is 9.63. The largest absolute Gasteiger partial charge is 0.416 e. The standard InChI is InChI=1S/C19H17ClF3N3OS/c20-14-5-4-13(19(21,22)23)7-15(14)24-18(28)25-8-11-6-12(10-25)16-2-1-3-17(27)26(16)9-11/h1-5,7,11-12H,6,8-10H2,(H,24,28)/t11-,12+/m0/s1. The molecule has 0 aliphatic carbocycles. The molecule has 1 aromatic carbocycles. The van der Waals surface area contributed by atoms with Crippen molar-refractivity contribution >= 4 is 34.6 Å². The Bertz CT molecular complexity index is 991. The molecule has 0 amide bonds. The van der Waals surface area contributed by atoms with E-state index in [4.69, 9.17) is 23.8 Å². The third-order valence-electron chi connectivity index (χ3n) is 5.30. The molecule has 2 aromatic rings. The maximum absolute atomic E-state index is 13.0. The molecule has 3 heterocycles. The van der Waals surface area contributed by atoms with Crippen LogP contribution in [-0.4, -0.2) is 27.7 Å². The van der Waals surface area contributed by atoms with E-state index >= 15 is 0 Å². The van der Waals surface area contributed by atoms with Gasteiger partial charge in [-0.15, -0.1) is 0 Å². The van der Waals surface area contributed by atoms with Crippen molar-refractivity contribution in [1.29, 1.82) is 0 Å². The van der Waals surface area contributed by atoms with E-state index in [9.17, 15) is 18.0 Å². The number of piperidine rings is 1. The number of thiocarbonyl (C=S) groups is 1. The highest BCUT2D eigenvalue weighted by atomic mass is 35.5. The zero-order valence-electron chi connectivity index (χ0n) is 14.7. The topological polar surface area (TPSA) is 37.3 Å². The van der Waals surface area contributed by atoms with E-state index in [0.717, 1.165) is 24.2 Å². The molecule has 0 spiro atoms. The smallest absolute Gasteiger partial charge is 0.348 e. The van der Waals surface area contributed by atoms with Crippen LogP contribution in [0.3, 0.4) is 0 Å². The number of halogens is 4. The minimum atomic E-state index is -4.46. The van der Waals surface area contributed by atoms with Gasteiger partial charge in [0.15, 0.2) is 5.11 Å². The molecule has 2 aliphatic rings. The van der Waals surface area contributed by atoms with Crippen molar-refractivity contribution < 1.29 is 13.2 Å². The number of anilines is 1. The molecule has 1 N–H and O–H groups in total. The Labute approximate surface area is 169 Å². The van der Waals surface area contributed by atoms with Crippen molar-refractivity contribution in [2.45, 2.75) is 25.1 Å².